The third-order valence-corrected chi connectivity index (χ3v) is 8.02. The molecular weight excluding hydrogens is 366 g/mol. The highest BCUT2D eigenvalue weighted by molar-refractivity contribution is 5.51. The number of hydrogen-bond donors (Lipinski definition) is 0. The molecule has 1 aromatic rings. The second kappa shape index (κ2) is 7.30. The fraction of sp³-hybridized carbons (Fsp3) is 0.444. The minimum absolute atomic E-state index is 0.210. The third-order valence-electron chi connectivity index (χ3n) is 8.02. The quantitative estimate of drug-likeness (QED) is 0.632. The van der Waals surface area contributed by atoms with Gasteiger partial charge in [-0.3, -0.25) is 0 Å². The highest BCUT2D eigenvalue weighted by Gasteiger charge is 2.46. The molecule has 1 aromatic heterocycles. The Kier molecular flexibility index (Phi) is 5.04. The molecule has 6 unspecified atom stereocenters. The van der Waals surface area contributed by atoms with Gasteiger partial charge in [-0.05, 0) is 36.8 Å². The first-order valence-electron chi connectivity index (χ1n) is 11.1. The predicted molar refractivity (Wildman–Crippen MR) is 124 cm³/mol. The molecule has 3 aliphatic carbocycles. The van der Waals surface area contributed by atoms with Crippen LogP contribution in [0.5, 0.6) is 0 Å². The van der Waals surface area contributed by atoms with Gasteiger partial charge in [0, 0.05) is 21.8 Å². The summed E-state index contributed by atoms with van der Waals surface area (Å²) in [5.41, 5.74) is 2.64. The van der Waals surface area contributed by atoms with E-state index >= 15 is 0 Å². The van der Waals surface area contributed by atoms with Gasteiger partial charge in [0.15, 0.2) is 0 Å². The van der Waals surface area contributed by atoms with E-state index in [1.165, 1.54) is 5.56 Å². The number of hydrogen-bond acceptors (Lipinski definition) is 3. The number of rotatable bonds is 3. The zero-order valence-electron chi connectivity index (χ0n) is 19.0. The summed E-state index contributed by atoms with van der Waals surface area (Å²) >= 11 is 0. The largest absolute Gasteiger partial charge is 0.134 e. The Hall–Kier alpha value is -2.55. The van der Waals surface area contributed by atoms with Crippen molar-refractivity contribution in [1.29, 1.82) is 0 Å². The van der Waals surface area contributed by atoms with Crippen molar-refractivity contribution < 1.29 is 0 Å². The molecule has 0 bridgehead atoms. The van der Waals surface area contributed by atoms with Crippen molar-refractivity contribution in [2.45, 2.75) is 57.8 Å². The van der Waals surface area contributed by atoms with Gasteiger partial charge < -0.3 is 0 Å². The van der Waals surface area contributed by atoms with E-state index in [9.17, 15) is 0 Å². The molecular formula is C27H33N3. The van der Waals surface area contributed by atoms with E-state index < -0.39 is 0 Å². The van der Waals surface area contributed by atoms with Crippen LogP contribution in [0.4, 0.5) is 0 Å². The Labute approximate surface area is 181 Å². The third kappa shape index (κ3) is 2.98. The van der Waals surface area contributed by atoms with E-state index in [0.717, 1.165) is 11.4 Å². The summed E-state index contributed by atoms with van der Waals surface area (Å²) in [5, 5.41) is 13.8. The summed E-state index contributed by atoms with van der Waals surface area (Å²) in [4.78, 5) is 0. The maximum Gasteiger partial charge on any atom is 0.0811 e. The average Bonchev–Trinajstić information content (AvgIpc) is 2.74. The predicted octanol–water partition coefficient (Wildman–Crippen LogP) is 5.93. The molecule has 3 nitrogen and oxygen atoms in total. The van der Waals surface area contributed by atoms with Gasteiger partial charge in [0.25, 0.3) is 0 Å². The Morgan fingerprint density at radius 1 is 0.567 bits per heavy atom. The van der Waals surface area contributed by atoms with Crippen LogP contribution in [0.15, 0.2) is 72.9 Å². The second-order valence-corrected chi connectivity index (χ2v) is 9.81. The van der Waals surface area contributed by atoms with Crippen molar-refractivity contribution in [3.63, 3.8) is 0 Å². The molecule has 6 atom stereocenters. The lowest BCUT2D eigenvalue weighted by Crippen LogP contribution is -2.42. The summed E-state index contributed by atoms with van der Waals surface area (Å²) in [7, 11) is 0. The van der Waals surface area contributed by atoms with Crippen molar-refractivity contribution in [1.82, 2.24) is 15.4 Å². The minimum atomic E-state index is -0.236. The zero-order chi connectivity index (χ0) is 21.6. The lowest BCUT2D eigenvalue weighted by molar-refractivity contribution is 0.366. The van der Waals surface area contributed by atoms with Crippen LogP contribution >= 0.6 is 0 Å². The van der Waals surface area contributed by atoms with E-state index in [2.05, 4.69) is 120 Å². The van der Waals surface area contributed by atoms with Crippen LogP contribution in [-0.2, 0) is 16.2 Å². The van der Waals surface area contributed by atoms with Crippen LogP contribution < -0.4 is 0 Å². The van der Waals surface area contributed by atoms with E-state index in [-0.39, 0.29) is 16.2 Å². The fourth-order valence-electron chi connectivity index (χ4n) is 5.00. The van der Waals surface area contributed by atoms with Gasteiger partial charge in [-0.15, -0.1) is 10.2 Å². The Morgan fingerprint density at radius 2 is 0.933 bits per heavy atom. The molecule has 156 valence electrons. The van der Waals surface area contributed by atoms with E-state index in [4.69, 9.17) is 10.2 Å². The molecule has 0 radical (unpaired) electrons. The Balaban J connectivity index is 2.04. The maximum absolute atomic E-state index is 4.74. The van der Waals surface area contributed by atoms with Gasteiger partial charge in [-0.1, -0.05) is 101 Å². The van der Waals surface area contributed by atoms with E-state index in [0.29, 0.717) is 17.8 Å². The summed E-state index contributed by atoms with van der Waals surface area (Å²) in [6.45, 7) is 13.7. The summed E-state index contributed by atoms with van der Waals surface area (Å²) < 4.78 is 0. The van der Waals surface area contributed by atoms with Crippen molar-refractivity contribution in [3.05, 3.63) is 89.9 Å². The Bertz CT molecular complexity index is 953. The standard InChI is InChI=1S/C27H33N3/c1-19-13-7-10-16-25(19,4)22-23(26(5)17-11-8-14-20(26)2)28-30-29-24(22)27(6)18-12-9-15-21(27)3/h7-21H,1-6H3. The SMILES string of the molecule is CC1C=CC=CC1(C)c1nnnc(C2(C)C=CC=CC2C)c1C1(C)C=CC=CC1C. The summed E-state index contributed by atoms with van der Waals surface area (Å²) in [6.07, 6.45) is 26.6. The first-order chi connectivity index (χ1) is 14.2. The van der Waals surface area contributed by atoms with Gasteiger partial charge >= 0.3 is 0 Å². The highest BCUT2D eigenvalue weighted by atomic mass is 15.3. The molecule has 4 rings (SSSR count). The topological polar surface area (TPSA) is 38.7 Å². The first-order valence-corrected chi connectivity index (χ1v) is 11.1. The van der Waals surface area contributed by atoms with Crippen molar-refractivity contribution >= 4 is 0 Å². The average molecular weight is 400 g/mol. The van der Waals surface area contributed by atoms with Crippen LogP contribution in [0.3, 0.4) is 0 Å². The maximum atomic E-state index is 4.74. The van der Waals surface area contributed by atoms with Gasteiger partial charge in [0.1, 0.15) is 0 Å². The Morgan fingerprint density at radius 3 is 1.30 bits per heavy atom. The lowest BCUT2D eigenvalue weighted by Gasteiger charge is -2.44. The number of aromatic nitrogens is 3. The van der Waals surface area contributed by atoms with Crippen LogP contribution in [0.25, 0.3) is 0 Å². The van der Waals surface area contributed by atoms with Crippen LogP contribution in [0.1, 0.15) is 58.5 Å². The first kappa shape index (κ1) is 20.7. The molecule has 0 saturated heterocycles. The minimum Gasteiger partial charge on any atom is -0.134 e. The van der Waals surface area contributed by atoms with E-state index in [1.807, 2.05) is 0 Å². The molecule has 3 aliphatic rings. The molecule has 0 N–H and O–H groups in total. The summed E-state index contributed by atoms with van der Waals surface area (Å²) in [5.74, 6) is 0.967. The fourth-order valence-corrected chi connectivity index (χ4v) is 5.00. The molecule has 0 saturated carbocycles. The van der Waals surface area contributed by atoms with Crippen molar-refractivity contribution in [3.8, 4) is 0 Å². The molecule has 0 fully saturated rings. The molecule has 0 spiro atoms. The molecule has 0 amide bonds. The molecule has 0 aliphatic heterocycles. The van der Waals surface area contributed by atoms with Gasteiger partial charge in [-0.2, -0.15) is 0 Å². The molecule has 30 heavy (non-hydrogen) atoms. The van der Waals surface area contributed by atoms with Gasteiger partial charge in [0.2, 0.25) is 0 Å². The monoisotopic (exact) mass is 399 g/mol. The smallest absolute Gasteiger partial charge is 0.0811 e. The molecule has 3 heteroatoms. The van der Waals surface area contributed by atoms with Gasteiger partial charge in [-0.25, -0.2) is 0 Å². The molecule has 0 aromatic carbocycles. The lowest BCUT2D eigenvalue weighted by atomic mass is 9.60. The van der Waals surface area contributed by atoms with Crippen molar-refractivity contribution in [2.24, 2.45) is 17.8 Å². The molecule has 1 heterocycles. The van der Waals surface area contributed by atoms with Crippen LogP contribution in [0, 0.1) is 17.8 Å². The van der Waals surface area contributed by atoms with Crippen molar-refractivity contribution in [2.75, 3.05) is 0 Å². The zero-order valence-corrected chi connectivity index (χ0v) is 19.0. The highest BCUT2D eigenvalue weighted by Crippen LogP contribution is 2.49. The number of allylic oxidation sites excluding steroid dienone is 12. The normalized spacial score (nSPS) is 39.6. The summed E-state index contributed by atoms with van der Waals surface area (Å²) in [6, 6.07) is 0. The second-order valence-electron chi connectivity index (χ2n) is 9.81. The number of nitrogens with zero attached hydrogens (tertiary/aromatic N) is 3. The van der Waals surface area contributed by atoms with Crippen LogP contribution in [-0.4, -0.2) is 15.4 Å². The van der Waals surface area contributed by atoms with E-state index in [1.54, 1.807) is 0 Å². The van der Waals surface area contributed by atoms with Crippen LogP contribution in [0.2, 0.25) is 0 Å². The van der Waals surface area contributed by atoms with Gasteiger partial charge in [0.05, 0.1) is 11.4 Å².